The van der Waals surface area contributed by atoms with Crippen LogP contribution in [0.25, 0.3) is 11.4 Å². The number of aromatic nitrogens is 3. The van der Waals surface area contributed by atoms with Gasteiger partial charge in [0.05, 0.1) is 12.1 Å². The molecule has 1 fully saturated rings. The first-order valence-electron chi connectivity index (χ1n) is 10.3. The van der Waals surface area contributed by atoms with Crippen molar-refractivity contribution in [2.75, 3.05) is 18.6 Å². The van der Waals surface area contributed by atoms with Gasteiger partial charge in [-0.2, -0.15) is 0 Å². The van der Waals surface area contributed by atoms with Crippen LogP contribution in [0.5, 0.6) is 0 Å². The van der Waals surface area contributed by atoms with E-state index in [1.54, 1.807) is 16.8 Å². The second-order valence-corrected chi connectivity index (χ2v) is 8.69. The van der Waals surface area contributed by atoms with Gasteiger partial charge in [-0.3, -0.25) is 4.79 Å². The summed E-state index contributed by atoms with van der Waals surface area (Å²) in [7, 11) is 0. The molecular weight excluding hydrogens is 417 g/mol. The van der Waals surface area contributed by atoms with E-state index in [1.807, 2.05) is 30.3 Å². The van der Waals surface area contributed by atoms with Gasteiger partial charge in [0.15, 0.2) is 5.82 Å². The summed E-state index contributed by atoms with van der Waals surface area (Å²) in [5, 5.41) is 11.8. The first kappa shape index (κ1) is 20.0. The molecule has 0 saturated carbocycles. The second-order valence-electron chi connectivity index (χ2n) is 7.58. The molecule has 2 N–H and O–H groups in total. The van der Waals surface area contributed by atoms with Crippen LogP contribution in [0.1, 0.15) is 24.4 Å². The normalized spacial score (nSPS) is 22.5. The van der Waals surface area contributed by atoms with Gasteiger partial charge < -0.3 is 15.5 Å². The van der Waals surface area contributed by atoms with Crippen molar-refractivity contribution < 1.29 is 13.9 Å². The number of nitrogens with one attached hydrogen (secondary N) is 2. The summed E-state index contributed by atoms with van der Waals surface area (Å²) in [5.74, 6) is 0.229. The highest BCUT2D eigenvalue weighted by molar-refractivity contribution is 8.00. The van der Waals surface area contributed by atoms with Gasteiger partial charge >= 0.3 is 0 Å². The highest BCUT2D eigenvalue weighted by Crippen LogP contribution is 2.38. The Morgan fingerprint density at radius 2 is 2.00 bits per heavy atom. The summed E-state index contributed by atoms with van der Waals surface area (Å²) in [6.45, 7) is 1.22. The maximum Gasteiger partial charge on any atom is 0.236 e. The summed E-state index contributed by atoms with van der Waals surface area (Å²) in [4.78, 5) is 13.1. The zero-order chi connectivity index (χ0) is 21.2. The molecule has 31 heavy (non-hydrogen) atoms. The molecule has 3 aromatic rings. The van der Waals surface area contributed by atoms with Crippen molar-refractivity contribution >= 4 is 17.7 Å². The van der Waals surface area contributed by atoms with Crippen molar-refractivity contribution in [3.63, 3.8) is 0 Å². The molecule has 0 spiro atoms. The number of fused-ring (bicyclic) bond motifs is 1. The number of carbonyl (C=O) groups excluding carboxylic acids is 1. The van der Waals surface area contributed by atoms with Crippen molar-refractivity contribution in [2.24, 2.45) is 0 Å². The summed E-state index contributed by atoms with van der Waals surface area (Å²) >= 11 is 1.35. The Kier molecular flexibility index (Phi) is 5.61. The highest BCUT2D eigenvalue weighted by atomic mass is 32.2. The van der Waals surface area contributed by atoms with E-state index in [4.69, 9.17) is 4.74 Å². The van der Waals surface area contributed by atoms with Crippen molar-refractivity contribution in [1.29, 1.82) is 0 Å². The van der Waals surface area contributed by atoms with E-state index >= 15 is 0 Å². The topological polar surface area (TPSA) is 81.1 Å². The lowest BCUT2D eigenvalue weighted by molar-refractivity contribution is -0.121. The van der Waals surface area contributed by atoms with Gasteiger partial charge in [-0.1, -0.05) is 54.2 Å². The molecule has 2 aliphatic rings. The number of hydrogen-bond donors (Lipinski definition) is 2. The van der Waals surface area contributed by atoms with Gasteiger partial charge in [-0.05, 0) is 30.5 Å². The Balaban J connectivity index is 1.44. The van der Waals surface area contributed by atoms with Crippen LogP contribution in [0, 0.1) is 5.82 Å². The Bertz CT molecular complexity index is 1050. The van der Waals surface area contributed by atoms with Crippen LogP contribution in [-0.2, 0) is 9.53 Å². The molecule has 1 amide bonds. The van der Waals surface area contributed by atoms with Gasteiger partial charge in [-0.15, -0.1) is 10.2 Å². The number of amides is 1. The number of halogens is 1. The lowest BCUT2D eigenvalue weighted by Crippen LogP contribution is -2.45. The Hall–Kier alpha value is -2.91. The zero-order valence-electron chi connectivity index (χ0n) is 16.7. The number of hydrogen-bond acceptors (Lipinski definition) is 6. The molecule has 160 valence electrons. The number of benzene rings is 2. The van der Waals surface area contributed by atoms with Crippen molar-refractivity contribution in [3.8, 4) is 11.4 Å². The van der Waals surface area contributed by atoms with Crippen LogP contribution in [-0.4, -0.2) is 45.3 Å². The van der Waals surface area contributed by atoms with E-state index < -0.39 is 5.25 Å². The van der Waals surface area contributed by atoms with Gasteiger partial charge in [0.2, 0.25) is 11.1 Å². The van der Waals surface area contributed by atoms with E-state index in [0.717, 1.165) is 30.6 Å². The molecule has 3 heterocycles. The molecular formula is C22H22FN5O2S. The van der Waals surface area contributed by atoms with Gasteiger partial charge in [0.25, 0.3) is 0 Å². The predicted molar refractivity (Wildman–Crippen MR) is 116 cm³/mol. The number of nitrogens with zero attached hydrogens (tertiary/aromatic N) is 3. The van der Waals surface area contributed by atoms with Crippen molar-refractivity contribution in [3.05, 3.63) is 66.0 Å². The first-order valence-corrected chi connectivity index (χ1v) is 11.2. The van der Waals surface area contributed by atoms with Crippen LogP contribution in [0.3, 0.4) is 0 Å². The van der Waals surface area contributed by atoms with Crippen molar-refractivity contribution in [2.45, 2.75) is 35.4 Å². The quantitative estimate of drug-likeness (QED) is 0.636. The molecule has 1 saturated heterocycles. The fraction of sp³-hybridized carbons (Fsp3) is 0.318. The van der Waals surface area contributed by atoms with Gasteiger partial charge in [0, 0.05) is 18.7 Å². The lowest BCUT2D eigenvalue weighted by atomic mass is 10.0. The molecule has 1 aromatic heterocycles. The zero-order valence-corrected chi connectivity index (χ0v) is 17.5. The average Bonchev–Trinajstić information content (AvgIpc) is 3.47. The maximum absolute atomic E-state index is 13.5. The lowest BCUT2D eigenvalue weighted by Gasteiger charge is -2.33. The predicted octanol–water partition coefficient (Wildman–Crippen LogP) is 3.14. The number of ether oxygens (including phenoxy) is 1. The van der Waals surface area contributed by atoms with Crippen molar-refractivity contribution in [1.82, 2.24) is 20.2 Å². The molecule has 0 bridgehead atoms. The monoisotopic (exact) mass is 439 g/mol. The summed E-state index contributed by atoms with van der Waals surface area (Å²) < 4.78 is 21.0. The van der Waals surface area contributed by atoms with E-state index in [0.29, 0.717) is 17.5 Å². The van der Waals surface area contributed by atoms with Gasteiger partial charge in [0.1, 0.15) is 11.1 Å². The highest BCUT2D eigenvalue weighted by Gasteiger charge is 2.38. The summed E-state index contributed by atoms with van der Waals surface area (Å²) in [5.41, 5.74) is 5.12. The molecule has 2 aromatic carbocycles. The number of carbonyl (C=O) groups is 1. The minimum Gasteiger partial charge on any atom is -0.376 e. The first-order chi connectivity index (χ1) is 15.2. The molecule has 0 unspecified atom stereocenters. The van der Waals surface area contributed by atoms with Crippen LogP contribution in [0.4, 0.5) is 4.39 Å². The largest absolute Gasteiger partial charge is 0.376 e. The number of rotatable bonds is 5. The average molecular weight is 440 g/mol. The SMILES string of the molecule is O=C(NC[C@@H]1CCCO1)[C@H]1Sc2nnc(-c3ccccc3)n2N[C@@H]1c1ccc(F)cc1. The third-order valence-electron chi connectivity index (χ3n) is 5.48. The fourth-order valence-corrected chi connectivity index (χ4v) is 4.97. The van der Waals surface area contributed by atoms with Crippen LogP contribution >= 0.6 is 11.8 Å². The third-order valence-corrected chi connectivity index (χ3v) is 6.70. The van der Waals surface area contributed by atoms with E-state index in [2.05, 4.69) is 20.9 Å². The fourth-order valence-electron chi connectivity index (χ4n) is 3.87. The van der Waals surface area contributed by atoms with E-state index in [9.17, 15) is 9.18 Å². The standard InChI is InChI=1S/C22H22FN5O2S/c23-16-10-8-14(9-11-16)18-19(21(29)24-13-17-7-4-12-30-17)31-22-26-25-20(28(22)27-18)15-5-2-1-3-6-15/h1-3,5-6,8-11,17-19,27H,4,7,12-13H2,(H,24,29)/t17-,18+,19-/m0/s1. The molecule has 0 radical (unpaired) electrons. The van der Waals surface area contributed by atoms with Crippen LogP contribution < -0.4 is 10.7 Å². The Morgan fingerprint density at radius 3 is 2.74 bits per heavy atom. The second kappa shape index (κ2) is 8.68. The Labute approximate surface area is 183 Å². The maximum atomic E-state index is 13.5. The molecule has 3 atom stereocenters. The van der Waals surface area contributed by atoms with E-state index in [-0.39, 0.29) is 23.9 Å². The third kappa shape index (κ3) is 4.15. The van der Waals surface area contributed by atoms with E-state index in [1.165, 1.54) is 23.9 Å². The minimum atomic E-state index is -0.493. The molecule has 0 aliphatic carbocycles. The summed E-state index contributed by atoms with van der Waals surface area (Å²) in [6, 6.07) is 15.5. The molecule has 7 nitrogen and oxygen atoms in total. The molecule has 2 aliphatic heterocycles. The Morgan fingerprint density at radius 1 is 1.19 bits per heavy atom. The number of thioether (sulfide) groups is 1. The van der Waals surface area contributed by atoms with Crippen LogP contribution in [0.2, 0.25) is 0 Å². The van der Waals surface area contributed by atoms with Crippen LogP contribution in [0.15, 0.2) is 59.8 Å². The minimum absolute atomic E-state index is 0.0584. The smallest absolute Gasteiger partial charge is 0.236 e. The van der Waals surface area contributed by atoms with Gasteiger partial charge in [-0.25, -0.2) is 9.07 Å². The molecule has 9 heteroatoms. The summed E-state index contributed by atoms with van der Waals surface area (Å²) in [6.07, 6.45) is 2.03. The molecule has 5 rings (SSSR count).